The second-order valence-corrected chi connectivity index (χ2v) is 9.73. The van der Waals surface area contributed by atoms with E-state index in [1.165, 1.54) is 36.5 Å². The highest BCUT2D eigenvalue weighted by Crippen LogP contribution is 2.20. The molecule has 2 N–H and O–H groups in total. The molecule has 1 aliphatic rings. The summed E-state index contributed by atoms with van der Waals surface area (Å²) in [5.41, 5.74) is 0.695. The lowest BCUT2D eigenvalue weighted by molar-refractivity contribution is 0.147. The molecule has 29 heavy (non-hydrogen) atoms. The van der Waals surface area contributed by atoms with E-state index >= 15 is 0 Å². The van der Waals surface area contributed by atoms with Crippen molar-refractivity contribution >= 4 is 16.0 Å². The molecule has 0 radical (unpaired) electrons. The van der Waals surface area contributed by atoms with Gasteiger partial charge >= 0.3 is 0 Å². The third kappa shape index (κ3) is 6.69. The molecule has 1 aromatic carbocycles. The number of hydrogen-bond acceptors (Lipinski definition) is 4. The number of rotatable bonds is 9. The fourth-order valence-electron chi connectivity index (χ4n) is 3.72. The maximum atomic E-state index is 12.6. The van der Waals surface area contributed by atoms with Crippen molar-refractivity contribution in [2.75, 3.05) is 40.3 Å². The van der Waals surface area contributed by atoms with E-state index in [1.807, 2.05) is 19.1 Å². The van der Waals surface area contributed by atoms with E-state index in [2.05, 4.69) is 27.4 Å². The molecule has 8 heteroatoms. The number of guanidine groups is 1. The predicted octanol–water partition coefficient (Wildman–Crippen LogP) is 2.26. The number of nitrogens with one attached hydrogen (secondary N) is 2. The molecule has 0 saturated carbocycles. The van der Waals surface area contributed by atoms with Gasteiger partial charge in [0, 0.05) is 39.8 Å². The Labute approximate surface area is 176 Å². The number of hydrogen-bond donors (Lipinski definition) is 2. The van der Waals surface area contributed by atoms with Crippen molar-refractivity contribution in [3.8, 4) is 0 Å². The quantitative estimate of drug-likeness (QED) is 0.471. The molecule has 1 aliphatic heterocycles. The summed E-state index contributed by atoms with van der Waals surface area (Å²) in [4.78, 5) is 7.51. The molecule has 1 fully saturated rings. The number of benzene rings is 1. The van der Waals surface area contributed by atoms with Gasteiger partial charge in [-0.2, -0.15) is 0 Å². The minimum atomic E-state index is -3.49. The number of piperidine rings is 1. The molecule has 0 aliphatic carbocycles. The fraction of sp³-hybridized carbons (Fsp3) is 0.667. The molecule has 7 nitrogen and oxygen atoms in total. The Kier molecular flexibility index (Phi) is 9.39. The highest BCUT2D eigenvalue weighted by atomic mass is 32.2. The summed E-state index contributed by atoms with van der Waals surface area (Å²) < 4.78 is 26.4. The third-order valence-corrected chi connectivity index (χ3v) is 7.31. The van der Waals surface area contributed by atoms with E-state index in [0.717, 1.165) is 25.6 Å². The maximum absolute atomic E-state index is 12.6. The van der Waals surface area contributed by atoms with Crippen molar-refractivity contribution in [3.63, 3.8) is 0 Å². The van der Waals surface area contributed by atoms with Crippen molar-refractivity contribution in [2.24, 2.45) is 4.99 Å². The highest BCUT2D eigenvalue weighted by molar-refractivity contribution is 7.89. The first-order valence-electron chi connectivity index (χ1n) is 10.7. The molecular formula is C21H37N5O2S. The van der Waals surface area contributed by atoms with E-state index in [9.17, 15) is 8.42 Å². The molecule has 1 heterocycles. The van der Waals surface area contributed by atoms with Gasteiger partial charge in [-0.15, -0.1) is 0 Å². The zero-order valence-corrected chi connectivity index (χ0v) is 19.1. The molecule has 0 bridgehead atoms. The van der Waals surface area contributed by atoms with Gasteiger partial charge in [-0.1, -0.05) is 31.5 Å². The van der Waals surface area contributed by atoms with Gasteiger partial charge < -0.3 is 10.6 Å². The van der Waals surface area contributed by atoms with Gasteiger partial charge in [0.05, 0.1) is 11.4 Å². The second kappa shape index (κ2) is 11.5. The largest absolute Gasteiger partial charge is 0.357 e. The Bertz CT molecular complexity index is 764. The van der Waals surface area contributed by atoms with Crippen LogP contribution >= 0.6 is 0 Å². The Hall–Kier alpha value is -1.64. The summed E-state index contributed by atoms with van der Waals surface area (Å²) in [5.74, 6) is 0.717. The summed E-state index contributed by atoms with van der Waals surface area (Å²) in [5, 5.41) is 6.66. The average Bonchev–Trinajstić information content (AvgIpc) is 2.72. The average molecular weight is 424 g/mol. The van der Waals surface area contributed by atoms with Gasteiger partial charge in [0.25, 0.3) is 0 Å². The maximum Gasteiger partial charge on any atom is 0.242 e. The molecule has 164 valence electrons. The molecule has 0 amide bonds. The van der Waals surface area contributed by atoms with Crippen molar-refractivity contribution in [3.05, 3.63) is 29.8 Å². The SMILES string of the molecule is CCNC(=NCc1ccccc1S(=O)(=O)N(C)C)NCCN1CCCCC1CC. The van der Waals surface area contributed by atoms with E-state index in [-0.39, 0.29) is 0 Å². The monoisotopic (exact) mass is 423 g/mol. The lowest BCUT2D eigenvalue weighted by atomic mass is 10.0. The lowest BCUT2D eigenvalue weighted by Gasteiger charge is -2.35. The molecule has 1 atom stereocenters. The molecule has 1 unspecified atom stereocenters. The standard InChI is InChI=1S/C21H37N5O2S/c1-5-19-12-9-10-15-26(19)16-14-23-21(22-6-2)24-17-18-11-7-8-13-20(18)29(27,28)25(3)4/h7-8,11,13,19H,5-6,9-10,12,14-17H2,1-4H3,(H2,22,23,24). The van der Waals surface area contributed by atoms with E-state index in [1.54, 1.807) is 26.2 Å². The smallest absolute Gasteiger partial charge is 0.242 e. The van der Waals surface area contributed by atoms with Crippen LogP contribution < -0.4 is 10.6 Å². The Morgan fingerprint density at radius 1 is 1.21 bits per heavy atom. The minimum Gasteiger partial charge on any atom is -0.357 e. The highest BCUT2D eigenvalue weighted by Gasteiger charge is 2.21. The first-order valence-corrected chi connectivity index (χ1v) is 12.1. The van der Waals surface area contributed by atoms with Crippen LogP contribution in [0.15, 0.2) is 34.2 Å². The molecule has 1 saturated heterocycles. The van der Waals surface area contributed by atoms with Crippen LogP contribution in [0.1, 0.15) is 45.1 Å². The zero-order chi connectivity index (χ0) is 21.3. The molecule has 0 spiro atoms. The normalized spacial score (nSPS) is 18.8. The van der Waals surface area contributed by atoms with Crippen molar-refractivity contribution in [1.29, 1.82) is 0 Å². The lowest BCUT2D eigenvalue weighted by Crippen LogP contribution is -2.45. The van der Waals surface area contributed by atoms with Crippen LogP contribution in [0.5, 0.6) is 0 Å². The number of aliphatic imine (C=N–C) groups is 1. The summed E-state index contributed by atoms with van der Waals surface area (Å²) in [6.07, 6.45) is 5.11. The van der Waals surface area contributed by atoms with Gasteiger partial charge in [0.2, 0.25) is 10.0 Å². The molecule has 2 rings (SSSR count). The van der Waals surface area contributed by atoms with Crippen molar-refractivity contribution in [1.82, 2.24) is 19.8 Å². The summed E-state index contributed by atoms with van der Waals surface area (Å²) >= 11 is 0. The van der Waals surface area contributed by atoms with Crippen LogP contribution in [-0.2, 0) is 16.6 Å². The summed E-state index contributed by atoms with van der Waals surface area (Å²) in [7, 11) is -0.398. The first-order chi connectivity index (χ1) is 13.9. The topological polar surface area (TPSA) is 77.0 Å². The van der Waals surface area contributed by atoms with E-state index in [0.29, 0.717) is 23.0 Å². The second-order valence-electron chi connectivity index (χ2n) is 7.61. The van der Waals surface area contributed by atoms with Gasteiger partial charge in [-0.05, 0) is 44.4 Å². The van der Waals surface area contributed by atoms with Crippen LogP contribution in [0.2, 0.25) is 0 Å². The minimum absolute atomic E-state index is 0.305. The van der Waals surface area contributed by atoms with E-state index < -0.39 is 10.0 Å². The van der Waals surface area contributed by atoms with Crippen molar-refractivity contribution in [2.45, 2.75) is 57.0 Å². The van der Waals surface area contributed by atoms with Crippen molar-refractivity contribution < 1.29 is 8.42 Å². The number of nitrogens with zero attached hydrogens (tertiary/aromatic N) is 3. The molecular weight excluding hydrogens is 386 g/mol. The first kappa shape index (κ1) is 23.6. The van der Waals surface area contributed by atoms with Gasteiger partial charge in [0.1, 0.15) is 0 Å². The summed E-state index contributed by atoms with van der Waals surface area (Å²) in [6, 6.07) is 7.75. The predicted molar refractivity (Wildman–Crippen MR) is 120 cm³/mol. The fourth-order valence-corrected chi connectivity index (χ4v) is 4.83. The van der Waals surface area contributed by atoms with Crippen LogP contribution in [-0.4, -0.2) is 69.9 Å². The Morgan fingerprint density at radius 2 is 1.97 bits per heavy atom. The third-order valence-electron chi connectivity index (χ3n) is 5.39. The van der Waals surface area contributed by atoms with Crippen LogP contribution in [0.25, 0.3) is 0 Å². The van der Waals surface area contributed by atoms with Crippen LogP contribution in [0.4, 0.5) is 0 Å². The van der Waals surface area contributed by atoms with Gasteiger partial charge in [-0.3, -0.25) is 4.90 Å². The van der Waals surface area contributed by atoms with Crippen LogP contribution in [0.3, 0.4) is 0 Å². The van der Waals surface area contributed by atoms with Gasteiger partial charge in [0.15, 0.2) is 5.96 Å². The summed E-state index contributed by atoms with van der Waals surface area (Å²) in [6.45, 7) is 8.34. The molecule has 1 aromatic rings. The number of likely N-dealkylation sites (tertiary alicyclic amines) is 1. The van der Waals surface area contributed by atoms with E-state index in [4.69, 9.17) is 0 Å². The zero-order valence-electron chi connectivity index (χ0n) is 18.3. The molecule has 0 aromatic heterocycles. The Balaban J connectivity index is 2.03. The van der Waals surface area contributed by atoms with Crippen LogP contribution in [0, 0.1) is 0 Å². The Morgan fingerprint density at radius 3 is 2.66 bits per heavy atom. The number of sulfonamides is 1. The van der Waals surface area contributed by atoms with Gasteiger partial charge in [-0.25, -0.2) is 17.7 Å².